The second kappa shape index (κ2) is 4.24. The largest absolute Gasteiger partial charge is 0.493 e. The Morgan fingerprint density at radius 1 is 1.39 bits per heavy atom. The summed E-state index contributed by atoms with van der Waals surface area (Å²) >= 11 is 0. The number of aliphatic hydroxyl groups excluding tert-OH is 1. The van der Waals surface area contributed by atoms with Gasteiger partial charge in [-0.3, -0.25) is 0 Å². The van der Waals surface area contributed by atoms with Crippen molar-refractivity contribution in [1.82, 2.24) is 0 Å². The third kappa shape index (κ3) is 2.12. The summed E-state index contributed by atoms with van der Waals surface area (Å²) in [7, 11) is -2.94. The summed E-state index contributed by atoms with van der Waals surface area (Å²) < 4.78 is 28.3. The van der Waals surface area contributed by atoms with E-state index in [1.54, 1.807) is 0 Å². The van der Waals surface area contributed by atoms with Crippen LogP contribution in [-0.4, -0.2) is 31.6 Å². The lowest BCUT2D eigenvalue weighted by molar-refractivity contribution is 0.121. The zero-order valence-corrected chi connectivity index (χ0v) is 10.8. The van der Waals surface area contributed by atoms with Crippen molar-refractivity contribution in [2.45, 2.75) is 18.9 Å². The smallest absolute Gasteiger partial charge is 0.150 e. The lowest BCUT2D eigenvalue weighted by Gasteiger charge is -2.17. The van der Waals surface area contributed by atoms with E-state index in [0.29, 0.717) is 13.0 Å². The molecule has 1 fully saturated rings. The molecule has 0 aromatic heterocycles. The van der Waals surface area contributed by atoms with Crippen molar-refractivity contribution >= 4 is 9.84 Å². The van der Waals surface area contributed by atoms with Crippen LogP contribution in [0.15, 0.2) is 18.2 Å². The Balaban J connectivity index is 1.83. The number of benzene rings is 1. The molecule has 1 N–H and O–H groups in total. The van der Waals surface area contributed by atoms with E-state index in [1.807, 2.05) is 18.2 Å². The molecule has 2 atom stereocenters. The summed E-state index contributed by atoms with van der Waals surface area (Å²) in [4.78, 5) is 0. The lowest BCUT2D eigenvalue weighted by Crippen LogP contribution is -2.14. The molecule has 4 nitrogen and oxygen atoms in total. The first-order valence-corrected chi connectivity index (χ1v) is 8.01. The molecular formula is C13H16O4S. The molecule has 98 valence electrons. The molecule has 3 rings (SSSR count). The predicted molar refractivity (Wildman–Crippen MR) is 67.4 cm³/mol. The van der Waals surface area contributed by atoms with Crippen LogP contribution >= 0.6 is 0 Å². The average Bonchev–Trinajstić information content (AvgIpc) is 2.93. The van der Waals surface area contributed by atoms with Crippen LogP contribution in [0.5, 0.6) is 5.75 Å². The van der Waals surface area contributed by atoms with E-state index in [1.165, 1.54) is 0 Å². The average molecular weight is 268 g/mol. The van der Waals surface area contributed by atoms with Gasteiger partial charge in [-0.25, -0.2) is 8.42 Å². The Kier molecular flexibility index (Phi) is 2.83. The molecule has 2 aliphatic heterocycles. The van der Waals surface area contributed by atoms with Gasteiger partial charge in [0.2, 0.25) is 0 Å². The SMILES string of the molecule is O=S1(=O)CCC(C(O)c2ccc3c(c2)CCO3)C1. The first-order chi connectivity index (χ1) is 8.55. The molecule has 1 aromatic carbocycles. The molecular weight excluding hydrogens is 252 g/mol. The summed E-state index contributed by atoms with van der Waals surface area (Å²) in [6, 6.07) is 5.64. The van der Waals surface area contributed by atoms with Gasteiger partial charge in [0.1, 0.15) is 5.75 Å². The summed E-state index contributed by atoms with van der Waals surface area (Å²) in [5, 5.41) is 10.3. The Hall–Kier alpha value is -1.07. The number of ether oxygens (including phenoxy) is 1. The lowest BCUT2D eigenvalue weighted by atomic mass is 9.94. The maximum absolute atomic E-state index is 11.4. The number of hydrogen-bond donors (Lipinski definition) is 1. The Morgan fingerprint density at radius 3 is 2.94 bits per heavy atom. The van der Waals surface area contributed by atoms with E-state index in [-0.39, 0.29) is 17.4 Å². The van der Waals surface area contributed by atoms with Gasteiger partial charge in [-0.05, 0) is 29.7 Å². The molecule has 1 saturated heterocycles. The molecule has 1 aromatic rings. The fraction of sp³-hybridized carbons (Fsp3) is 0.538. The van der Waals surface area contributed by atoms with Gasteiger partial charge in [0.05, 0.1) is 24.2 Å². The Morgan fingerprint density at radius 2 is 2.22 bits per heavy atom. The third-order valence-electron chi connectivity index (χ3n) is 3.77. The minimum atomic E-state index is -2.94. The number of sulfone groups is 1. The molecule has 0 aliphatic carbocycles. The van der Waals surface area contributed by atoms with Crippen LogP contribution in [0.4, 0.5) is 0 Å². The van der Waals surface area contributed by atoms with Crippen LogP contribution in [0, 0.1) is 5.92 Å². The highest BCUT2D eigenvalue weighted by atomic mass is 32.2. The molecule has 2 unspecified atom stereocenters. The zero-order chi connectivity index (χ0) is 12.8. The molecule has 2 aliphatic rings. The zero-order valence-electron chi connectivity index (χ0n) is 10.0. The quantitative estimate of drug-likeness (QED) is 0.872. The van der Waals surface area contributed by atoms with Gasteiger partial charge in [0.25, 0.3) is 0 Å². The first kappa shape index (κ1) is 12.0. The summed E-state index contributed by atoms with van der Waals surface area (Å²) in [5.41, 5.74) is 1.91. The van der Waals surface area contributed by atoms with Crippen molar-refractivity contribution in [3.63, 3.8) is 0 Å². The van der Waals surface area contributed by atoms with E-state index in [4.69, 9.17) is 4.74 Å². The number of hydrogen-bond acceptors (Lipinski definition) is 4. The second-order valence-corrected chi connectivity index (χ2v) is 7.30. The third-order valence-corrected chi connectivity index (χ3v) is 5.56. The maximum atomic E-state index is 11.4. The van der Waals surface area contributed by atoms with Gasteiger partial charge in [0, 0.05) is 12.3 Å². The fourth-order valence-electron chi connectivity index (χ4n) is 2.74. The van der Waals surface area contributed by atoms with Crippen LogP contribution in [0.1, 0.15) is 23.7 Å². The molecule has 0 amide bonds. The normalized spacial score (nSPS) is 26.6. The minimum absolute atomic E-state index is 0.0990. The van der Waals surface area contributed by atoms with Crippen LogP contribution < -0.4 is 4.74 Å². The molecule has 0 radical (unpaired) electrons. The van der Waals surface area contributed by atoms with Crippen molar-refractivity contribution in [3.8, 4) is 5.75 Å². The van der Waals surface area contributed by atoms with E-state index < -0.39 is 15.9 Å². The van der Waals surface area contributed by atoms with Gasteiger partial charge in [0.15, 0.2) is 9.84 Å². The van der Waals surface area contributed by atoms with Gasteiger partial charge in [-0.1, -0.05) is 6.07 Å². The van der Waals surface area contributed by atoms with Crippen molar-refractivity contribution in [2.75, 3.05) is 18.1 Å². The van der Waals surface area contributed by atoms with E-state index >= 15 is 0 Å². The molecule has 0 saturated carbocycles. The Bertz CT molecular complexity index is 564. The van der Waals surface area contributed by atoms with Gasteiger partial charge in [-0.2, -0.15) is 0 Å². The molecule has 2 heterocycles. The van der Waals surface area contributed by atoms with E-state index in [2.05, 4.69) is 0 Å². The van der Waals surface area contributed by atoms with Crippen LogP contribution in [0.2, 0.25) is 0 Å². The van der Waals surface area contributed by atoms with Crippen LogP contribution in [0.25, 0.3) is 0 Å². The van der Waals surface area contributed by atoms with Gasteiger partial charge in [-0.15, -0.1) is 0 Å². The Labute approximate surface area is 107 Å². The van der Waals surface area contributed by atoms with E-state index in [9.17, 15) is 13.5 Å². The van der Waals surface area contributed by atoms with Crippen LogP contribution in [0.3, 0.4) is 0 Å². The predicted octanol–water partition coefficient (Wildman–Crippen LogP) is 1.09. The molecule has 5 heteroatoms. The van der Waals surface area contributed by atoms with Crippen LogP contribution in [-0.2, 0) is 16.3 Å². The summed E-state index contributed by atoms with van der Waals surface area (Å²) in [5.74, 6) is 1.00. The monoisotopic (exact) mass is 268 g/mol. The highest BCUT2D eigenvalue weighted by molar-refractivity contribution is 7.91. The minimum Gasteiger partial charge on any atom is -0.493 e. The summed E-state index contributed by atoms with van der Waals surface area (Å²) in [6.07, 6.45) is 0.726. The topological polar surface area (TPSA) is 63.6 Å². The fourth-order valence-corrected chi connectivity index (χ4v) is 4.57. The highest BCUT2D eigenvalue weighted by Gasteiger charge is 2.33. The second-order valence-electron chi connectivity index (χ2n) is 5.07. The van der Waals surface area contributed by atoms with Crippen molar-refractivity contribution in [1.29, 1.82) is 0 Å². The van der Waals surface area contributed by atoms with Crippen molar-refractivity contribution in [3.05, 3.63) is 29.3 Å². The first-order valence-electron chi connectivity index (χ1n) is 6.19. The molecule has 0 bridgehead atoms. The number of aliphatic hydroxyl groups is 1. The number of rotatable bonds is 2. The molecule has 18 heavy (non-hydrogen) atoms. The standard InChI is InChI=1S/C13H16O4S/c14-13(11-4-6-18(15,16)8-11)10-1-2-12-9(7-10)3-5-17-12/h1-2,7,11,13-14H,3-6,8H2. The molecule has 0 spiro atoms. The summed E-state index contributed by atoms with van der Waals surface area (Å²) in [6.45, 7) is 0.687. The highest BCUT2D eigenvalue weighted by Crippen LogP contribution is 2.34. The van der Waals surface area contributed by atoms with Gasteiger partial charge >= 0.3 is 0 Å². The van der Waals surface area contributed by atoms with Gasteiger partial charge < -0.3 is 9.84 Å². The van der Waals surface area contributed by atoms with Crippen molar-refractivity contribution < 1.29 is 18.3 Å². The van der Waals surface area contributed by atoms with E-state index in [0.717, 1.165) is 23.3 Å². The number of fused-ring (bicyclic) bond motifs is 1. The maximum Gasteiger partial charge on any atom is 0.150 e. The van der Waals surface area contributed by atoms with Crippen molar-refractivity contribution in [2.24, 2.45) is 5.92 Å².